The van der Waals surface area contributed by atoms with E-state index in [2.05, 4.69) is 48.4 Å². The van der Waals surface area contributed by atoms with Crippen LogP contribution < -0.4 is 10.6 Å². The number of anilines is 2. The lowest BCUT2D eigenvalue weighted by molar-refractivity contribution is 0.157. The molecule has 0 saturated carbocycles. The molecule has 2 N–H and O–H groups in total. The Morgan fingerprint density at radius 1 is 0.429 bits per heavy atom. The number of nitrogens with zero attached hydrogens (tertiary/aromatic N) is 2. The second-order valence-electron chi connectivity index (χ2n) is 16.6. The van der Waals surface area contributed by atoms with E-state index in [0.29, 0.717) is 24.6 Å². The Kier molecular flexibility index (Phi) is 36.5. The Morgan fingerprint density at radius 2 is 0.696 bits per heavy atom. The van der Waals surface area contributed by atoms with Gasteiger partial charge in [-0.05, 0) is 97.0 Å². The predicted octanol–water partition coefficient (Wildman–Crippen LogP) is 14.4. The summed E-state index contributed by atoms with van der Waals surface area (Å²) in [5.41, 5.74) is 1.13. The Morgan fingerprint density at radius 3 is 1.00 bits per heavy atom. The number of unbranched alkanes of at least 4 members (excludes halogenated alkanes) is 26. The number of nitrogens with one attached hydrogen (secondary N) is 2. The third-order valence-corrected chi connectivity index (χ3v) is 11.0. The molecule has 1 aromatic carbocycles. The summed E-state index contributed by atoms with van der Waals surface area (Å²) in [6, 6.07) is 7.04. The van der Waals surface area contributed by atoms with Gasteiger partial charge in [0, 0.05) is 11.4 Å². The van der Waals surface area contributed by atoms with Crippen LogP contribution in [0.1, 0.15) is 206 Å². The number of amides is 2. The number of hydrogen-bond acceptors (Lipinski definition) is 6. The first kappa shape index (κ1) is 51.7. The van der Waals surface area contributed by atoms with Crippen molar-refractivity contribution < 1.29 is 19.1 Å². The molecule has 2 amide bonds. The quantitative estimate of drug-likeness (QED) is 0.0645. The molecule has 8 heteroatoms. The number of hydrogen-bond donors (Lipinski definition) is 2. The predicted molar refractivity (Wildman–Crippen MR) is 241 cm³/mol. The van der Waals surface area contributed by atoms with Crippen LogP contribution in [0.25, 0.3) is 0 Å². The van der Waals surface area contributed by atoms with E-state index in [9.17, 15) is 9.59 Å². The summed E-state index contributed by atoms with van der Waals surface area (Å²) in [5.74, 6) is 0. The van der Waals surface area contributed by atoms with Gasteiger partial charge >= 0.3 is 12.2 Å². The molecule has 0 atom stereocenters. The topological polar surface area (TPSA) is 83.1 Å². The third-order valence-electron chi connectivity index (χ3n) is 11.0. The second-order valence-corrected chi connectivity index (χ2v) is 16.6. The van der Waals surface area contributed by atoms with Crippen LogP contribution >= 0.6 is 0 Å². The molecule has 0 unspecified atom stereocenters. The van der Waals surface area contributed by atoms with E-state index in [1.54, 1.807) is 24.3 Å². The highest BCUT2D eigenvalue weighted by atomic mass is 16.6. The molecule has 0 spiro atoms. The number of carbonyl (C=O) groups is 2. The van der Waals surface area contributed by atoms with Crippen LogP contribution in [-0.2, 0) is 9.47 Å². The third kappa shape index (κ3) is 34.9. The Hall–Kier alpha value is -2.32. The van der Waals surface area contributed by atoms with Crippen LogP contribution in [0.4, 0.5) is 21.0 Å². The molecule has 0 heterocycles. The van der Waals surface area contributed by atoms with Gasteiger partial charge in [-0.3, -0.25) is 10.6 Å². The lowest BCUT2D eigenvalue weighted by atomic mass is 10.0. The highest BCUT2D eigenvalue weighted by Gasteiger charge is 2.08. The van der Waals surface area contributed by atoms with Gasteiger partial charge in [0.15, 0.2) is 0 Å². The van der Waals surface area contributed by atoms with E-state index in [-0.39, 0.29) is 0 Å². The average Bonchev–Trinajstić information content (AvgIpc) is 3.18. The maximum atomic E-state index is 12.4. The molecule has 0 aromatic heterocycles. The van der Waals surface area contributed by atoms with Crippen molar-refractivity contribution in [3.05, 3.63) is 24.3 Å². The summed E-state index contributed by atoms with van der Waals surface area (Å²) in [7, 11) is 4.37. The van der Waals surface area contributed by atoms with E-state index in [4.69, 9.17) is 9.47 Å². The summed E-state index contributed by atoms with van der Waals surface area (Å²) in [6.45, 7) is 9.64. The zero-order valence-corrected chi connectivity index (χ0v) is 37.3. The standard InChI is InChI=1S/C48H90N4O4/c1-5-7-9-11-13-15-17-19-21-23-25-27-29-38-51(3)40-31-33-42-55-47(53)49-45-36-35-37-46(44-45)50-48(54)56-43-34-32-41-52(4)39-30-28-26-24-22-20-18-16-14-12-10-8-6-2/h35-37,44H,5-34,38-43H2,1-4H3,(H,49,53)(H,50,54). The van der Waals surface area contributed by atoms with Crippen molar-refractivity contribution >= 4 is 23.6 Å². The first-order valence-electron chi connectivity index (χ1n) is 23.8. The van der Waals surface area contributed by atoms with Gasteiger partial charge in [-0.25, -0.2) is 9.59 Å². The van der Waals surface area contributed by atoms with Gasteiger partial charge in [0.2, 0.25) is 0 Å². The lowest BCUT2D eigenvalue weighted by Gasteiger charge is -2.16. The minimum Gasteiger partial charge on any atom is -0.449 e. The van der Waals surface area contributed by atoms with Gasteiger partial charge in [0.25, 0.3) is 0 Å². The van der Waals surface area contributed by atoms with Crippen molar-refractivity contribution in [1.29, 1.82) is 0 Å². The summed E-state index contributed by atoms with van der Waals surface area (Å²) in [4.78, 5) is 29.5. The highest BCUT2D eigenvalue weighted by Crippen LogP contribution is 2.17. The maximum Gasteiger partial charge on any atom is 0.411 e. The molecule has 0 aliphatic heterocycles. The molecule has 0 aliphatic carbocycles. The number of rotatable bonds is 40. The van der Waals surface area contributed by atoms with Crippen LogP contribution in [0.15, 0.2) is 24.3 Å². The normalized spacial score (nSPS) is 11.4. The van der Waals surface area contributed by atoms with E-state index in [1.807, 2.05) is 0 Å². The molecule has 0 radical (unpaired) electrons. The number of benzene rings is 1. The average molecular weight is 787 g/mol. The smallest absolute Gasteiger partial charge is 0.411 e. The minimum atomic E-state index is -0.482. The minimum absolute atomic E-state index is 0.387. The summed E-state index contributed by atoms with van der Waals surface area (Å²) in [6.07, 6.45) is 38.7. The number of ether oxygens (including phenoxy) is 2. The zero-order valence-electron chi connectivity index (χ0n) is 37.3. The highest BCUT2D eigenvalue weighted by molar-refractivity contribution is 5.88. The van der Waals surface area contributed by atoms with E-state index < -0.39 is 12.2 Å². The van der Waals surface area contributed by atoms with Gasteiger partial charge in [0.05, 0.1) is 13.2 Å². The first-order valence-corrected chi connectivity index (χ1v) is 23.8. The van der Waals surface area contributed by atoms with Crippen molar-refractivity contribution in [2.75, 3.05) is 64.1 Å². The summed E-state index contributed by atoms with van der Waals surface area (Å²) >= 11 is 0. The van der Waals surface area contributed by atoms with Crippen molar-refractivity contribution in [1.82, 2.24) is 9.80 Å². The molecule has 0 fully saturated rings. The molecule has 0 bridgehead atoms. The SMILES string of the molecule is CCCCCCCCCCCCCCCN(C)CCCCOC(=O)Nc1cccc(NC(=O)OCCCCN(C)CCCCCCCCCCCCCCC)c1. The molecule has 8 nitrogen and oxygen atoms in total. The van der Waals surface area contributed by atoms with E-state index in [1.165, 1.54) is 167 Å². The Bertz CT molecular complexity index is 949. The van der Waals surface area contributed by atoms with Gasteiger partial charge < -0.3 is 19.3 Å². The van der Waals surface area contributed by atoms with Crippen molar-refractivity contribution in [3.8, 4) is 0 Å². The zero-order chi connectivity index (χ0) is 40.6. The van der Waals surface area contributed by atoms with Crippen molar-refractivity contribution in [3.63, 3.8) is 0 Å². The molecular formula is C48H90N4O4. The van der Waals surface area contributed by atoms with Crippen LogP contribution in [0, 0.1) is 0 Å². The van der Waals surface area contributed by atoms with Gasteiger partial charge in [0.1, 0.15) is 0 Å². The fourth-order valence-electron chi connectivity index (χ4n) is 7.30. The van der Waals surface area contributed by atoms with Gasteiger partial charge in [-0.1, -0.05) is 174 Å². The van der Waals surface area contributed by atoms with Gasteiger partial charge in [-0.2, -0.15) is 0 Å². The molecule has 1 rings (SSSR count). The molecule has 326 valence electrons. The Balaban J connectivity index is 1.98. The summed E-state index contributed by atoms with van der Waals surface area (Å²) in [5, 5.41) is 5.53. The van der Waals surface area contributed by atoms with Crippen molar-refractivity contribution in [2.24, 2.45) is 0 Å². The fraction of sp³-hybridized carbons (Fsp3) is 0.833. The molecule has 1 aromatic rings. The lowest BCUT2D eigenvalue weighted by Crippen LogP contribution is -2.21. The fourth-order valence-corrected chi connectivity index (χ4v) is 7.30. The van der Waals surface area contributed by atoms with Crippen LogP contribution in [0.5, 0.6) is 0 Å². The number of carbonyl (C=O) groups excluding carboxylic acids is 2. The van der Waals surface area contributed by atoms with Crippen LogP contribution in [0.3, 0.4) is 0 Å². The Labute approximate surface area is 346 Å². The largest absolute Gasteiger partial charge is 0.449 e. The molecule has 0 aliphatic rings. The monoisotopic (exact) mass is 787 g/mol. The van der Waals surface area contributed by atoms with Crippen LogP contribution in [-0.4, -0.2) is 75.5 Å². The maximum absolute atomic E-state index is 12.4. The molecule has 56 heavy (non-hydrogen) atoms. The van der Waals surface area contributed by atoms with E-state index in [0.717, 1.165) is 51.9 Å². The first-order chi connectivity index (χ1) is 27.4. The molecule has 0 saturated heterocycles. The van der Waals surface area contributed by atoms with Crippen molar-refractivity contribution in [2.45, 2.75) is 206 Å². The van der Waals surface area contributed by atoms with E-state index >= 15 is 0 Å². The second kappa shape index (κ2) is 39.5. The molecular weight excluding hydrogens is 697 g/mol. The van der Waals surface area contributed by atoms with Crippen LogP contribution in [0.2, 0.25) is 0 Å². The summed E-state index contributed by atoms with van der Waals surface area (Å²) < 4.78 is 10.8. The van der Waals surface area contributed by atoms with Gasteiger partial charge in [-0.15, -0.1) is 0 Å².